The van der Waals surface area contributed by atoms with Crippen LogP contribution in [0.2, 0.25) is 10.0 Å². The van der Waals surface area contributed by atoms with Crippen molar-refractivity contribution in [1.29, 1.82) is 0 Å². The molecule has 0 saturated carbocycles. The number of halogens is 2. The third-order valence-electron chi connectivity index (χ3n) is 2.94. The minimum Gasteiger partial charge on any atom is -0.497 e. The minimum atomic E-state index is -0.393. The zero-order valence-electron chi connectivity index (χ0n) is 10.7. The number of aromatic nitrogens is 1. The molecule has 1 heterocycles. The first-order valence-corrected chi connectivity index (χ1v) is 6.49. The first-order valence-electron chi connectivity index (χ1n) is 5.74. The van der Waals surface area contributed by atoms with Crippen molar-refractivity contribution >= 4 is 23.2 Å². The molecule has 1 unspecified atom stereocenters. The van der Waals surface area contributed by atoms with E-state index in [1.807, 2.05) is 25.1 Å². The number of benzene rings is 1. The van der Waals surface area contributed by atoms with Crippen LogP contribution in [0.4, 0.5) is 0 Å². The van der Waals surface area contributed by atoms with E-state index >= 15 is 0 Å². The van der Waals surface area contributed by atoms with E-state index in [1.54, 1.807) is 19.4 Å². The SMILES string of the molecule is COc1ccc(C(N)c2ncc(Cl)cc2Cl)c(C)c1. The molecule has 19 heavy (non-hydrogen) atoms. The molecule has 100 valence electrons. The zero-order chi connectivity index (χ0) is 14.0. The summed E-state index contributed by atoms with van der Waals surface area (Å²) in [6, 6.07) is 6.97. The van der Waals surface area contributed by atoms with Gasteiger partial charge in [-0.25, -0.2) is 0 Å². The quantitative estimate of drug-likeness (QED) is 0.938. The molecule has 1 aromatic heterocycles. The van der Waals surface area contributed by atoms with Gasteiger partial charge in [-0.15, -0.1) is 0 Å². The van der Waals surface area contributed by atoms with Crippen LogP contribution in [0, 0.1) is 6.92 Å². The number of hydrogen-bond donors (Lipinski definition) is 1. The van der Waals surface area contributed by atoms with Crippen LogP contribution in [-0.2, 0) is 0 Å². The van der Waals surface area contributed by atoms with Gasteiger partial charge in [0.15, 0.2) is 0 Å². The van der Waals surface area contributed by atoms with E-state index in [2.05, 4.69) is 4.98 Å². The van der Waals surface area contributed by atoms with E-state index in [1.165, 1.54) is 0 Å². The number of nitrogens with zero attached hydrogens (tertiary/aromatic N) is 1. The van der Waals surface area contributed by atoms with Crippen LogP contribution < -0.4 is 10.5 Å². The highest BCUT2D eigenvalue weighted by molar-refractivity contribution is 6.34. The van der Waals surface area contributed by atoms with Gasteiger partial charge in [-0.3, -0.25) is 4.98 Å². The maximum atomic E-state index is 6.23. The van der Waals surface area contributed by atoms with Gasteiger partial charge >= 0.3 is 0 Å². The van der Waals surface area contributed by atoms with Crippen molar-refractivity contribution in [2.24, 2.45) is 5.73 Å². The molecule has 0 aliphatic carbocycles. The molecule has 0 aliphatic heterocycles. The highest BCUT2D eigenvalue weighted by atomic mass is 35.5. The number of nitrogens with two attached hydrogens (primary N) is 1. The van der Waals surface area contributed by atoms with E-state index in [-0.39, 0.29) is 0 Å². The van der Waals surface area contributed by atoms with E-state index < -0.39 is 6.04 Å². The molecule has 0 spiro atoms. The van der Waals surface area contributed by atoms with Crippen molar-refractivity contribution in [1.82, 2.24) is 4.98 Å². The summed E-state index contributed by atoms with van der Waals surface area (Å²) in [6.07, 6.45) is 1.54. The fourth-order valence-corrected chi connectivity index (χ4v) is 2.42. The zero-order valence-corrected chi connectivity index (χ0v) is 12.2. The summed E-state index contributed by atoms with van der Waals surface area (Å²) >= 11 is 12.0. The molecule has 1 aromatic carbocycles. The topological polar surface area (TPSA) is 48.1 Å². The average molecular weight is 297 g/mol. The molecule has 5 heteroatoms. The number of pyridine rings is 1. The normalized spacial score (nSPS) is 12.3. The van der Waals surface area contributed by atoms with Gasteiger partial charge in [0.2, 0.25) is 0 Å². The van der Waals surface area contributed by atoms with Crippen LogP contribution >= 0.6 is 23.2 Å². The summed E-state index contributed by atoms with van der Waals surface area (Å²) in [5, 5.41) is 0.961. The lowest BCUT2D eigenvalue weighted by atomic mass is 9.99. The monoisotopic (exact) mass is 296 g/mol. The molecule has 1 atom stereocenters. The van der Waals surface area contributed by atoms with Gasteiger partial charge < -0.3 is 10.5 Å². The second-order valence-corrected chi connectivity index (χ2v) is 5.06. The average Bonchev–Trinajstić information content (AvgIpc) is 2.37. The van der Waals surface area contributed by atoms with Crippen molar-refractivity contribution in [3.63, 3.8) is 0 Å². The van der Waals surface area contributed by atoms with Gasteiger partial charge in [0, 0.05) is 6.20 Å². The van der Waals surface area contributed by atoms with E-state index in [0.29, 0.717) is 15.7 Å². The Morgan fingerprint density at radius 1 is 1.26 bits per heavy atom. The summed E-state index contributed by atoms with van der Waals surface area (Å²) in [5.74, 6) is 0.795. The molecule has 0 saturated heterocycles. The van der Waals surface area contributed by atoms with Crippen molar-refractivity contribution in [2.75, 3.05) is 7.11 Å². The number of aryl methyl sites for hydroxylation is 1. The van der Waals surface area contributed by atoms with Gasteiger partial charge in [0.05, 0.1) is 28.9 Å². The Morgan fingerprint density at radius 3 is 2.58 bits per heavy atom. The molecule has 0 aliphatic rings. The van der Waals surface area contributed by atoms with Crippen LogP contribution in [0.15, 0.2) is 30.5 Å². The lowest BCUT2D eigenvalue weighted by Gasteiger charge is -2.16. The third-order valence-corrected chi connectivity index (χ3v) is 3.45. The summed E-state index contributed by atoms with van der Waals surface area (Å²) in [4.78, 5) is 4.22. The van der Waals surface area contributed by atoms with E-state index in [0.717, 1.165) is 16.9 Å². The second kappa shape index (κ2) is 5.78. The van der Waals surface area contributed by atoms with Gasteiger partial charge in [-0.05, 0) is 36.2 Å². The smallest absolute Gasteiger partial charge is 0.119 e. The Morgan fingerprint density at radius 2 is 2.00 bits per heavy atom. The van der Waals surface area contributed by atoms with Crippen molar-refractivity contribution in [3.8, 4) is 5.75 Å². The summed E-state index contributed by atoms with van der Waals surface area (Å²) < 4.78 is 5.17. The predicted molar refractivity (Wildman–Crippen MR) is 78.0 cm³/mol. The largest absolute Gasteiger partial charge is 0.497 e. The van der Waals surface area contributed by atoms with Gasteiger partial charge in [0.1, 0.15) is 5.75 Å². The number of hydrogen-bond acceptors (Lipinski definition) is 3. The highest BCUT2D eigenvalue weighted by Crippen LogP contribution is 2.29. The highest BCUT2D eigenvalue weighted by Gasteiger charge is 2.16. The molecule has 2 aromatic rings. The van der Waals surface area contributed by atoms with Crippen molar-refractivity contribution in [2.45, 2.75) is 13.0 Å². The van der Waals surface area contributed by atoms with Gasteiger partial charge in [-0.1, -0.05) is 29.3 Å². The lowest BCUT2D eigenvalue weighted by Crippen LogP contribution is -2.15. The van der Waals surface area contributed by atoms with E-state index in [9.17, 15) is 0 Å². The standard InChI is InChI=1S/C14H14Cl2N2O/c1-8-5-10(19-2)3-4-11(8)13(17)14-12(16)6-9(15)7-18-14/h3-7,13H,17H2,1-2H3. The maximum Gasteiger partial charge on any atom is 0.119 e. The predicted octanol–water partition coefficient (Wildman–Crippen LogP) is 3.75. The van der Waals surface area contributed by atoms with Gasteiger partial charge in [0.25, 0.3) is 0 Å². The number of ether oxygens (including phenoxy) is 1. The molecular formula is C14H14Cl2N2O. The first kappa shape index (κ1) is 14.1. The molecule has 2 rings (SSSR count). The van der Waals surface area contributed by atoms with Crippen molar-refractivity contribution < 1.29 is 4.74 Å². The fraction of sp³-hybridized carbons (Fsp3) is 0.214. The Bertz CT molecular complexity index is 602. The number of rotatable bonds is 3. The molecule has 0 fully saturated rings. The van der Waals surface area contributed by atoms with Crippen molar-refractivity contribution in [3.05, 3.63) is 57.3 Å². The Kier molecular flexibility index (Phi) is 4.30. The summed E-state index contributed by atoms with van der Waals surface area (Å²) in [6.45, 7) is 1.97. The molecule has 0 amide bonds. The summed E-state index contributed by atoms with van der Waals surface area (Å²) in [5.41, 5.74) is 8.82. The maximum absolute atomic E-state index is 6.23. The second-order valence-electron chi connectivity index (χ2n) is 4.22. The number of methoxy groups -OCH3 is 1. The van der Waals surface area contributed by atoms with Crippen LogP contribution in [0.3, 0.4) is 0 Å². The third kappa shape index (κ3) is 3.00. The Balaban J connectivity index is 2.41. The van der Waals surface area contributed by atoms with Crippen LogP contribution in [-0.4, -0.2) is 12.1 Å². The van der Waals surface area contributed by atoms with E-state index in [4.69, 9.17) is 33.7 Å². The molecule has 0 bridgehead atoms. The van der Waals surface area contributed by atoms with Crippen LogP contribution in [0.1, 0.15) is 22.9 Å². The Labute approximate surface area is 122 Å². The summed E-state index contributed by atoms with van der Waals surface area (Å²) in [7, 11) is 1.63. The minimum absolute atomic E-state index is 0.393. The van der Waals surface area contributed by atoms with Crippen LogP contribution in [0.25, 0.3) is 0 Å². The molecule has 0 radical (unpaired) electrons. The Hall–Kier alpha value is -1.29. The first-order chi connectivity index (χ1) is 9.02. The molecular weight excluding hydrogens is 283 g/mol. The molecule has 3 nitrogen and oxygen atoms in total. The van der Waals surface area contributed by atoms with Crippen LogP contribution in [0.5, 0.6) is 5.75 Å². The molecule has 2 N–H and O–H groups in total. The fourth-order valence-electron chi connectivity index (χ4n) is 1.93. The lowest BCUT2D eigenvalue weighted by molar-refractivity contribution is 0.414. The van der Waals surface area contributed by atoms with Gasteiger partial charge in [-0.2, -0.15) is 0 Å².